The first-order chi connectivity index (χ1) is 9.43. The lowest BCUT2D eigenvalue weighted by Gasteiger charge is -2.15. The van der Waals surface area contributed by atoms with Crippen LogP contribution in [-0.4, -0.2) is 6.61 Å². The maximum Gasteiger partial charge on any atom is 0.217 e. The summed E-state index contributed by atoms with van der Waals surface area (Å²) in [4.78, 5) is 11.0. The normalized spacial score (nSPS) is 23.8. The predicted molar refractivity (Wildman–Crippen MR) is 71.1 cm³/mol. The molecule has 2 aromatic carbocycles. The van der Waals surface area contributed by atoms with Crippen LogP contribution in [0.25, 0.3) is 0 Å². The molecule has 3 rings (SSSR count). The minimum Gasteiger partial charge on any atom is -0.346 e. The largest absolute Gasteiger partial charge is 0.346 e. The van der Waals surface area contributed by atoms with Gasteiger partial charge in [-0.05, 0) is 5.56 Å². The monoisotopic (exact) mass is 256 g/mol. The van der Waals surface area contributed by atoms with Crippen LogP contribution in [0.2, 0.25) is 0 Å². The van der Waals surface area contributed by atoms with Crippen molar-refractivity contribution in [3.63, 3.8) is 0 Å². The maximum atomic E-state index is 5.69. The van der Waals surface area contributed by atoms with Gasteiger partial charge in [0, 0.05) is 12.0 Å². The zero-order valence-corrected chi connectivity index (χ0v) is 10.6. The lowest BCUT2D eigenvalue weighted by molar-refractivity contribution is -0.388. The van der Waals surface area contributed by atoms with E-state index in [1.165, 1.54) is 0 Å². The van der Waals surface area contributed by atoms with Crippen LogP contribution in [0.1, 0.15) is 29.9 Å². The summed E-state index contributed by atoms with van der Waals surface area (Å²) in [7, 11) is 0. The van der Waals surface area contributed by atoms with Crippen molar-refractivity contribution in [1.29, 1.82) is 0 Å². The number of hydrogen-bond donors (Lipinski definition) is 0. The summed E-state index contributed by atoms with van der Waals surface area (Å²) in [6.45, 7) is 0.610. The van der Waals surface area contributed by atoms with E-state index in [4.69, 9.17) is 14.5 Å². The van der Waals surface area contributed by atoms with E-state index in [0.29, 0.717) is 6.61 Å². The van der Waals surface area contributed by atoms with E-state index in [-0.39, 0.29) is 6.10 Å². The molecule has 1 aliphatic heterocycles. The van der Waals surface area contributed by atoms with Gasteiger partial charge in [-0.1, -0.05) is 60.7 Å². The molecule has 1 heterocycles. The summed E-state index contributed by atoms with van der Waals surface area (Å²) in [5.41, 5.74) is 2.08. The summed E-state index contributed by atoms with van der Waals surface area (Å²) in [6.07, 6.45) is 0.262. The van der Waals surface area contributed by atoms with Gasteiger partial charge in [-0.2, -0.15) is 4.89 Å². The number of ether oxygens (including phenoxy) is 1. The molecular formula is C16H16O3. The second kappa shape index (κ2) is 5.97. The highest BCUT2D eigenvalue weighted by molar-refractivity contribution is 5.18. The van der Waals surface area contributed by atoms with Gasteiger partial charge in [-0.3, -0.25) is 0 Å². The Labute approximate surface area is 112 Å². The maximum absolute atomic E-state index is 5.69. The molecule has 2 aromatic rings. The van der Waals surface area contributed by atoms with Gasteiger partial charge in [0.05, 0.1) is 6.61 Å². The van der Waals surface area contributed by atoms with Crippen molar-refractivity contribution in [1.82, 2.24) is 0 Å². The van der Waals surface area contributed by atoms with Gasteiger partial charge in [0.25, 0.3) is 0 Å². The molecule has 1 fully saturated rings. The van der Waals surface area contributed by atoms with Crippen molar-refractivity contribution in [3.8, 4) is 0 Å². The van der Waals surface area contributed by atoms with Gasteiger partial charge >= 0.3 is 0 Å². The molecule has 0 amide bonds. The van der Waals surface area contributed by atoms with Gasteiger partial charge in [-0.25, -0.2) is 4.89 Å². The Morgan fingerprint density at radius 3 is 2.05 bits per heavy atom. The lowest BCUT2D eigenvalue weighted by Crippen LogP contribution is -2.06. The third-order valence-electron chi connectivity index (χ3n) is 3.15. The van der Waals surface area contributed by atoms with Crippen LogP contribution >= 0.6 is 0 Å². The molecule has 0 spiro atoms. The minimum absolute atomic E-state index is 0.0742. The lowest BCUT2D eigenvalue weighted by atomic mass is 10.1. The molecule has 2 atom stereocenters. The summed E-state index contributed by atoms with van der Waals surface area (Å²) in [5, 5.41) is 0. The molecule has 1 aliphatic rings. The molecule has 0 aliphatic carbocycles. The fourth-order valence-electron chi connectivity index (χ4n) is 2.13. The first kappa shape index (κ1) is 12.4. The molecule has 1 saturated heterocycles. The Morgan fingerprint density at radius 1 is 0.737 bits per heavy atom. The summed E-state index contributed by atoms with van der Waals surface area (Å²) < 4.78 is 5.69. The highest BCUT2D eigenvalue weighted by Crippen LogP contribution is 2.30. The van der Waals surface area contributed by atoms with E-state index >= 15 is 0 Å². The molecule has 3 nitrogen and oxygen atoms in total. The van der Waals surface area contributed by atoms with Crippen molar-refractivity contribution in [3.05, 3.63) is 71.8 Å². The van der Waals surface area contributed by atoms with Crippen molar-refractivity contribution >= 4 is 0 Å². The van der Waals surface area contributed by atoms with Crippen LogP contribution < -0.4 is 0 Å². The van der Waals surface area contributed by atoms with Crippen LogP contribution in [0.5, 0.6) is 0 Å². The van der Waals surface area contributed by atoms with E-state index in [0.717, 1.165) is 17.5 Å². The number of rotatable bonds is 2. The summed E-state index contributed by atoms with van der Waals surface area (Å²) >= 11 is 0. The Kier molecular flexibility index (Phi) is 3.89. The first-order valence-corrected chi connectivity index (χ1v) is 6.47. The second-order valence-corrected chi connectivity index (χ2v) is 4.49. The molecule has 0 radical (unpaired) electrons. The molecule has 3 heteroatoms. The molecular weight excluding hydrogens is 240 g/mol. The molecule has 0 N–H and O–H groups in total. The van der Waals surface area contributed by atoms with Gasteiger partial charge in [-0.15, -0.1) is 0 Å². The zero-order valence-electron chi connectivity index (χ0n) is 10.6. The fourth-order valence-corrected chi connectivity index (χ4v) is 2.13. The standard InChI is InChI=1S/C16H16O3/c1-3-7-13(8-4-1)15-11-12-17-16(19-18-15)14-9-5-2-6-10-14/h1-10,15-16H,11-12H2. The highest BCUT2D eigenvalue weighted by atomic mass is 17.2. The van der Waals surface area contributed by atoms with Crippen LogP contribution in [0, 0.1) is 0 Å². The fraction of sp³-hybridized carbons (Fsp3) is 0.250. The number of hydrogen-bond acceptors (Lipinski definition) is 3. The highest BCUT2D eigenvalue weighted by Gasteiger charge is 2.23. The van der Waals surface area contributed by atoms with Gasteiger partial charge in [0.1, 0.15) is 6.10 Å². The average molecular weight is 256 g/mol. The van der Waals surface area contributed by atoms with Crippen LogP contribution in [0.4, 0.5) is 0 Å². The van der Waals surface area contributed by atoms with Crippen molar-refractivity contribution in [2.75, 3.05) is 6.61 Å². The van der Waals surface area contributed by atoms with Gasteiger partial charge in [0.15, 0.2) is 0 Å². The van der Waals surface area contributed by atoms with Crippen LogP contribution in [0.3, 0.4) is 0 Å². The molecule has 2 unspecified atom stereocenters. The predicted octanol–water partition coefficient (Wildman–Crippen LogP) is 3.80. The minimum atomic E-state index is -0.449. The third kappa shape index (κ3) is 3.01. The second-order valence-electron chi connectivity index (χ2n) is 4.49. The van der Waals surface area contributed by atoms with Crippen LogP contribution in [-0.2, 0) is 14.5 Å². The van der Waals surface area contributed by atoms with E-state index in [2.05, 4.69) is 0 Å². The first-order valence-electron chi connectivity index (χ1n) is 6.47. The zero-order chi connectivity index (χ0) is 12.9. The molecule has 19 heavy (non-hydrogen) atoms. The Hall–Kier alpha value is -1.68. The SMILES string of the molecule is c1ccc(C2CCOC(c3ccccc3)OO2)cc1. The van der Waals surface area contributed by atoms with E-state index in [1.807, 2.05) is 60.7 Å². The molecule has 0 bridgehead atoms. The Bertz CT molecular complexity index is 450. The Balaban J connectivity index is 1.69. The smallest absolute Gasteiger partial charge is 0.217 e. The van der Waals surface area contributed by atoms with E-state index in [9.17, 15) is 0 Å². The Morgan fingerprint density at radius 2 is 1.37 bits per heavy atom. The topological polar surface area (TPSA) is 27.7 Å². The number of benzene rings is 2. The summed E-state index contributed by atoms with van der Waals surface area (Å²) in [5.74, 6) is 0. The molecule has 0 aromatic heterocycles. The quantitative estimate of drug-likeness (QED) is 0.765. The molecule has 98 valence electrons. The molecule has 0 saturated carbocycles. The van der Waals surface area contributed by atoms with E-state index in [1.54, 1.807) is 0 Å². The summed E-state index contributed by atoms with van der Waals surface area (Å²) in [6, 6.07) is 19.9. The average Bonchev–Trinajstić information content (AvgIpc) is 2.75. The van der Waals surface area contributed by atoms with Crippen molar-refractivity contribution < 1.29 is 14.5 Å². The van der Waals surface area contributed by atoms with Crippen LogP contribution in [0.15, 0.2) is 60.7 Å². The third-order valence-corrected chi connectivity index (χ3v) is 3.15. The van der Waals surface area contributed by atoms with E-state index < -0.39 is 6.29 Å². The van der Waals surface area contributed by atoms with Crippen molar-refractivity contribution in [2.45, 2.75) is 18.8 Å². The van der Waals surface area contributed by atoms with Crippen molar-refractivity contribution in [2.24, 2.45) is 0 Å². The van der Waals surface area contributed by atoms with Gasteiger partial charge < -0.3 is 4.74 Å². The van der Waals surface area contributed by atoms with Gasteiger partial charge in [0.2, 0.25) is 6.29 Å².